The van der Waals surface area contributed by atoms with E-state index in [2.05, 4.69) is 10.5 Å². The molecule has 0 bridgehead atoms. The minimum atomic E-state index is -2.87. The van der Waals surface area contributed by atoms with Gasteiger partial charge in [0.1, 0.15) is 5.84 Å². The van der Waals surface area contributed by atoms with Crippen LogP contribution < -0.4 is 11.1 Å². The van der Waals surface area contributed by atoms with Gasteiger partial charge in [-0.25, -0.2) is 8.42 Å². The SMILES string of the molecule is CC(C)(CCNC1CCCS(=O)(=O)C1)C(N)=NO. The molecule has 0 aromatic heterocycles. The van der Waals surface area contributed by atoms with Crippen LogP contribution in [0, 0.1) is 5.41 Å². The standard InChI is InChI=1S/C11H23N3O3S/c1-11(2,10(12)14-15)5-6-13-9-4-3-7-18(16,17)8-9/h9,13,15H,3-8H2,1-2H3,(H2,12,14). The Bertz CT molecular complexity index is 404. The van der Waals surface area contributed by atoms with E-state index in [1.54, 1.807) is 0 Å². The number of sulfone groups is 1. The number of oxime groups is 1. The maximum absolute atomic E-state index is 11.5. The Morgan fingerprint density at radius 1 is 1.56 bits per heavy atom. The summed E-state index contributed by atoms with van der Waals surface area (Å²) < 4.78 is 22.9. The summed E-state index contributed by atoms with van der Waals surface area (Å²) in [6.45, 7) is 4.44. The zero-order valence-corrected chi connectivity index (χ0v) is 11.8. The van der Waals surface area contributed by atoms with E-state index < -0.39 is 15.3 Å². The first kappa shape index (κ1) is 15.2. The van der Waals surface area contributed by atoms with Crippen molar-refractivity contribution in [2.75, 3.05) is 18.1 Å². The number of hydrogen-bond donors (Lipinski definition) is 3. The monoisotopic (exact) mass is 277 g/mol. The summed E-state index contributed by atoms with van der Waals surface area (Å²) in [5, 5.41) is 14.9. The van der Waals surface area contributed by atoms with Crippen LogP contribution in [0.2, 0.25) is 0 Å². The van der Waals surface area contributed by atoms with Crippen LogP contribution in [-0.2, 0) is 9.84 Å². The van der Waals surface area contributed by atoms with Gasteiger partial charge >= 0.3 is 0 Å². The molecule has 1 fully saturated rings. The van der Waals surface area contributed by atoms with Crippen LogP contribution >= 0.6 is 0 Å². The number of nitrogens with zero attached hydrogens (tertiary/aromatic N) is 1. The summed E-state index contributed by atoms with van der Waals surface area (Å²) in [5.74, 6) is 0.721. The van der Waals surface area contributed by atoms with Crippen LogP contribution in [-0.4, -0.2) is 43.6 Å². The molecule has 1 heterocycles. The van der Waals surface area contributed by atoms with Crippen molar-refractivity contribution in [3.8, 4) is 0 Å². The molecule has 4 N–H and O–H groups in total. The van der Waals surface area contributed by atoms with Crippen molar-refractivity contribution < 1.29 is 13.6 Å². The number of hydrogen-bond acceptors (Lipinski definition) is 5. The van der Waals surface area contributed by atoms with E-state index in [1.807, 2.05) is 13.8 Å². The third kappa shape index (κ3) is 4.45. The second-order valence-electron chi connectivity index (χ2n) is 5.53. The molecular formula is C11H23N3O3S. The predicted octanol–water partition coefficient (Wildman–Crippen LogP) is 0.316. The summed E-state index contributed by atoms with van der Waals surface area (Å²) >= 11 is 0. The van der Waals surface area contributed by atoms with Gasteiger partial charge in [0.15, 0.2) is 9.84 Å². The Hall–Kier alpha value is -0.820. The van der Waals surface area contributed by atoms with Gasteiger partial charge in [-0.3, -0.25) is 0 Å². The highest BCUT2D eigenvalue weighted by molar-refractivity contribution is 7.91. The number of nitrogens with one attached hydrogen (secondary N) is 1. The van der Waals surface area contributed by atoms with Gasteiger partial charge < -0.3 is 16.3 Å². The summed E-state index contributed by atoms with van der Waals surface area (Å²) in [7, 11) is -2.87. The van der Waals surface area contributed by atoms with Crippen LogP contribution in [0.1, 0.15) is 33.1 Å². The Morgan fingerprint density at radius 3 is 2.78 bits per heavy atom. The lowest BCUT2D eigenvalue weighted by Crippen LogP contribution is -2.42. The first-order valence-corrected chi connectivity index (χ1v) is 8.01. The fourth-order valence-corrected chi connectivity index (χ4v) is 3.71. The summed E-state index contributed by atoms with van der Waals surface area (Å²) in [5.41, 5.74) is 5.20. The largest absolute Gasteiger partial charge is 0.409 e. The molecule has 18 heavy (non-hydrogen) atoms. The highest BCUT2D eigenvalue weighted by Crippen LogP contribution is 2.20. The fraction of sp³-hybridized carbons (Fsp3) is 0.909. The first-order valence-electron chi connectivity index (χ1n) is 6.19. The molecule has 1 aliphatic rings. The van der Waals surface area contributed by atoms with E-state index in [-0.39, 0.29) is 17.6 Å². The highest BCUT2D eigenvalue weighted by Gasteiger charge is 2.26. The van der Waals surface area contributed by atoms with Crippen LogP contribution in [0.15, 0.2) is 5.16 Å². The quantitative estimate of drug-likeness (QED) is 0.290. The van der Waals surface area contributed by atoms with E-state index >= 15 is 0 Å². The molecule has 0 radical (unpaired) electrons. The van der Waals surface area contributed by atoms with Crippen LogP contribution in [0.25, 0.3) is 0 Å². The average Bonchev–Trinajstić information content (AvgIpc) is 2.26. The van der Waals surface area contributed by atoms with E-state index in [9.17, 15) is 8.42 Å². The average molecular weight is 277 g/mol. The Labute approximate surface area is 109 Å². The molecule has 0 aromatic rings. The van der Waals surface area contributed by atoms with E-state index in [0.29, 0.717) is 18.7 Å². The van der Waals surface area contributed by atoms with Crippen LogP contribution in [0.5, 0.6) is 0 Å². The molecule has 0 amide bonds. The minimum absolute atomic E-state index is 0.0341. The second kappa shape index (κ2) is 5.88. The smallest absolute Gasteiger partial charge is 0.151 e. The summed E-state index contributed by atoms with van der Waals surface area (Å²) in [6, 6.07) is 0.0341. The molecule has 6 nitrogen and oxygen atoms in total. The molecule has 7 heteroatoms. The summed E-state index contributed by atoms with van der Waals surface area (Å²) in [6.07, 6.45) is 2.31. The Balaban J connectivity index is 2.38. The van der Waals surface area contributed by atoms with Gasteiger partial charge in [0.2, 0.25) is 0 Å². The van der Waals surface area contributed by atoms with Gasteiger partial charge in [0.25, 0.3) is 0 Å². The van der Waals surface area contributed by atoms with Crippen molar-refractivity contribution in [1.29, 1.82) is 0 Å². The van der Waals surface area contributed by atoms with Gasteiger partial charge in [-0.1, -0.05) is 19.0 Å². The van der Waals surface area contributed by atoms with Gasteiger partial charge in [0, 0.05) is 11.5 Å². The second-order valence-corrected chi connectivity index (χ2v) is 7.76. The molecule has 1 aliphatic heterocycles. The van der Waals surface area contributed by atoms with E-state index in [1.165, 1.54) is 0 Å². The Morgan fingerprint density at radius 2 is 2.22 bits per heavy atom. The van der Waals surface area contributed by atoms with Crippen molar-refractivity contribution in [3.05, 3.63) is 0 Å². The van der Waals surface area contributed by atoms with Crippen LogP contribution in [0.4, 0.5) is 0 Å². The van der Waals surface area contributed by atoms with Crippen molar-refractivity contribution in [2.24, 2.45) is 16.3 Å². The molecule has 106 valence electrons. The summed E-state index contributed by atoms with van der Waals surface area (Å²) in [4.78, 5) is 0. The van der Waals surface area contributed by atoms with Gasteiger partial charge in [-0.15, -0.1) is 0 Å². The lowest BCUT2D eigenvalue weighted by molar-refractivity contribution is 0.304. The normalized spacial score (nSPS) is 25.0. The van der Waals surface area contributed by atoms with Crippen molar-refractivity contribution in [2.45, 2.75) is 39.2 Å². The molecular weight excluding hydrogens is 254 g/mol. The van der Waals surface area contributed by atoms with E-state index in [4.69, 9.17) is 10.9 Å². The third-order valence-corrected chi connectivity index (χ3v) is 5.27. The topological polar surface area (TPSA) is 105 Å². The molecule has 0 spiro atoms. The molecule has 1 unspecified atom stereocenters. The van der Waals surface area contributed by atoms with Crippen molar-refractivity contribution >= 4 is 15.7 Å². The predicted molar refractivity (Wildman–Crippen MR) is 71.5 cm³/mol. The van der Waals surface area contributed by atoms with E-state index in [0.717, 1.165) is 12.8 Å². The molecule has 0 aromatic carbocycles. The van der Waals surface area contributed by atoms with Gasteiger partial charge in [-0.05, 0) is 25.8 Å². The molecule has 1 rings (SSSR count). The lowest BCUT2D eigenvalue weighted by Gasteiger charge is -2.27. The highest BCUT2D eigenvalue weighted by atomic mass is 32.2. The number of amidine groups is 1. The maximum atomic E-state index is 11.5. The van der Waals surface area contributed by atoms with Gasteiger partial charge in [0.05, 0.1) is 11.5 Å². The molecule has 1 atom stereocenters. The van der Waals surface area contributed by atoms with Gasteiger partial charge in [-0.2, -0.15) is 0 Å². The first-order chi connectivity index (χ1) is 8.27. The zero-order valence-electron chi connectivity index (χ0n) is 11.0. The molecule has 1 saturated heterocycles. The number of rotatable bonds is 5. The van der Waals surface area contributed by atoms with Crippen molar-refractivity contribution in [1.82, 2.24) is 5.32 Å². The number of nitrogens with two attached hydrogens (primary N) is 1. The zero-order chi connectivity index (χ0) is 13.8. The fourth-order valence-electron chi connectivity index (χ4n) is 2.04. The third-order valence-electron chi connectivity index (χ3n) is 3.45. The molecule has 0 aliphatic carbocycles. The maximum Gasteiger partial charge on any atom is 0.151 e. The lowest BCUT2D eigenvalue weighted by atomic mass is 9.88. The molecule has 0 saturated carbocycles. The minimum Gasteiger partial charge on any atom is -0.409 e. The van der Waals surface area contributed by atoms with Crippen molar-refractivity contribution in [3.63, 3.8) is 0 Å². The Kier molecular flexibility index (Phi) is 4.98. The van der Waals surface area contributed by atoms with Crippen LogP contribution in [0.3, 0.4) is 0 Å².